The van der Waals surface area contributed by atoms with Crippen molar-refractivity contribution in [2.45, 2.75) is 49.3 Å². The van der Waals surface area contributed by atoms with E-state index in [1.165, 1.54) is 17.3 Å². The molecule has 0 amide bonds. The first kappa shape index (κ1) is 17.5. The number of carboxylic acid groups (broad SMARTS) is 1. The van der Waals surface area contributed by atoms with E-state index in [1.54, 1.807) is 12.1 Å². The number of hydrogen-bond donors (Lipinski definition) is 1. The summed E-state index contributed by atoms with van der Waals surface area (Å²) in [6.07, 6.45) is 4.84. The summed E-state index contributed by atoms with van der Waals surface area (Å²) in [6, 6.07) is 11.4. The molecule has 0 radical (unpaired) electrons. The predicted octanol–water partition coefficient (Wildman–Crippen LogP) is 4.31. The number of pyridine rings is 1. The predicted molar refractivity (Wildman–Crippen MR) is 97.6 cm³/mol. The van der Waals surface area contributed by atoms with Gasteiger partial charge in [0.1, 0.15) is 16.3 Å². The van der Waals surface area contributed by atoms with E-state index in [-0.39, 0.29) is 0 Å². The van der Waals surface area contributed by atoms with Gasteiger partial charge in [-0.3, -0.25) is 4.79 Å². The van der Waals surface area contributed by atoms with Crippen LogP contribution in [0, 0.1) is 11.3 Å². The maximum absolute atomic E-state index is 11.8. The molecule has 1 aromatic carbocycles. The molecule has 1 N–H and O–H groups in total. The largest absolute Gasteiger partial charge is 0.480 e. The van der Waals surface area contributed by atoms with Gasteiger partial charge < -0.3 is 5.11 Å². The molecule has 4 nitrogen and oxygen atoms in total. The number of carbonyl (C=O) groups is 1. The van der Waals surface area contributed by atoms with Crippen LogP contribution in [0.5, 0.6) is 0 Å². The SMILES string of the molecule is CCc1nc(S[C@H](C(=O)O)c2ccccc2)c(C#N)c2c1CCCC2. The monoisotopic (exact) mass is 352 g/mol. The van der Waals surface area contributed by atoms with E-state index in [0.717, 1.165) is 43.4 Å². The number of rotatable bonds is 5. The molecule has 1 heterocycles. The number of carboxylic acids is 1. The summed E-state index contributed by atoms with van der Waals surface area (Å²) in [4.78, 5) is 16.5. The summed E-state index contributed by atoms with van der Waals surface area (Å²) in [6.45, 7) is 2.06. The zero-order valence-electron chi connectivity index (χ0n) is 14.2. The number of nitriles is 1. The van der Waals surface area contributed by atoms with Gasteiger partial charge in [0, 0.05) is 5.69 Å². The first-order valence-corrected chi connectivity index (χ1v) is 9.42. The van der Waals surface area contributed by atoms with Crippen LogP contribution in [0.2, 0.25) is 0 Å². The Morgan fingerprint density at radius 3 is 2.56 bits per heavy atom. The van der Waals surface area contributed by atoms with E-state index in [0.29, 0.717) is 16.2 Å². The molecule has 0 aliphatic heterocycles. The molecule has 5 heteroatoms. The highest BCUT2D eigenvalue weighted by Crippen LogP contribution is 2.39. The number of hydrogen-bond acceptors (Lipinski definition) is 4. The molecule has 1 aliphatic carbocycles. The van der Waals surface area contributed by atoms with E-state index >= 15 is 0 Å². The van der Waals surface area contributed by atoms with Crippen LogP contribution in [0.1, 0.15) is 53.0 Å². The van der Waals surface area contributed by atoms with Crippen molar-refractivity contribution in [3.63, 3.8) is 0 Å². The highest BCUT2D eigenvalue weighted by atomic mass is 32.2. The van der Waals surface area contributed by atoms with Crippen molar-refractivity contribution in [3.8, 4) is 6.07 Å². The number of thioether (sulfide) groups is 1. The van der Waals surface area contributed by atoms with E-state index in [4.69, 9.17) is 4.98 Å². The van der Waals surface area contributed by atoms with E-state index in [2.05, 4.69) is 13.0 Å². The van der Waals surface area contributed by atoms with Crippen LogP contribution in [0.25, 0.3) is 0 Å². The Morgan fingerprint density at radius 2 is 1.96 bits per heavy atom. The van der Waals surface area contributed by atoms with Crippen LogP contribution in [-0.2, 0) is 24.1 Å². The third-order valence-corrected chi connectivity index (χ3v) is 5.80. The van der Waals surface area contributed by atoms with Crippen LogP contribution in [0.3, 0.4) is 0 Å². The minimum absolute atomic E-state index is 0.552. The lowest BCUT2D eigenvalue weighted by atomic mass is 9.87. The number of nitrogens with zero attached hydrogens (tertiary/aromatic N) is 2. The van der Waals surface area contributed by atoms with Gasteiger partial charge in [-0.1, -0.05) is 49.0 Å². The summed E-state index contributed by atoms with van der Waals surface area (Å²) in [5, 5.41) is 19.2. The molecular weight excluding hydrogens is 332 g/mol. The Kier molecular flexibility index (Phi) is 5.40. The number of aliphatic carboxylic acids is 1. The highest BCUT2D eigenvalue weighted by molar-refractivity contribution is 8.00. The van der Waals surface area contributed by atoms with Crippen LogP contribution < -0.4 is 0 Å². The van der Waals surface area contributed by atoms with Gasteiger partial charge in [0.25, 0.3) is 0 Å². The molecule has 0 spiro atoms. The first-order chi connectivity index (χ1) is 12.2. The minimum Gasteiger partial charge on any atom is -0.480 e. The van der Waals surface area contributed by atoms with Crippen molar-refractivity contribution in [1.82, 2.24) is 4.98 Å². The topological polar surface area (TPSA) is 74.0 Å². The average Bonchev–Trinajstić information content (AvgIpc) is 2.65. The van der Waals surface area contributed by atoms with Crippen LogP contribution in [-0.4, -0.2) is 16.1 Å². The van der Waals surface area contributed by atoms with E-state index in [9.17, 15) is 15.2 Å². The molecule has 2 aromatic rings. The Bertz CT molecular complexity index is 828. The van der Waals surface area contributed by atoms with Gasteiger partial charge >= 0.3 is 5.97 Å². The third kappa shape index (κ3) is 3.54. The summed E-state index contributed by atoms with van der Waals surface area (Å²) in [5.74, 6) is -0.919. The molecule has 25 heavy (non-hydrogen) atoms. The van der Waals surface area contributed by atoms with E-state index in [1.807, 2.05) is 18.2 Å². The molecule has 1 atom stereocenters. The lowest BCUT2D eigenvalue weighted by Gasteiger charge is -2.22. The quantitative estimate of drug-likeness (QED) is 0.812. The van der Waals surface area contributed by atoms with Gasteiger partial charge in [0.2, 0.25) is 0 Å². The van der Waals surface area contributed by atoms with Crippen molar-refractivity contribution in [2.75, 3.05) is 0 Å². The molecule has 0 bridgehead atoms. The fourth-order valence-electron chi connectivity index (χ4n) is 3.37. The van der Waals surface area contributed by atoms with Gasteiger partial charge in [-0.15, -0.1) is 0 Å². The fourth-order valence-corrected chi connectivity index (χ4v) is 4.44. The standard InChI is InChI=1S/C20H20N2O2S/c1-2-17-15-11-7-6-10-14(15)16(12-21)19(22-17)25-18(20(23)24)13-8-4-3-5-9-13/h3-5,8-9,18H,2,6-7,10-11H2,1H3,(H,23,24)/t18-/m0/s1. The van der Waals surface area contributed by atoms with Crippen molar-refractivity contribution in [2.24, 2.45) is 0 Å². The lowest BCUT2D eigenvalue weighted by Crippen LogP contribution is -2.14. The summed E-state index contributed by atoms with van der Waals surface area (Å²) >= 11 is 1.17. The molecule has 3 rings (SSSR count). The number of fused-ring (bicyclic) bond motifs is 1. The Morgan fingerprint density at radius 1 is 1.28 bits per heavy atom. The van der Waals surface area contributed by atoms with Crippen molar-refractivity contribution >= 4 is 17.7 Å². The lowest BCUT2D eigenvalue weighted by molar-refractivity contribution is -0.136. The van der Waals surface area contributed by atoms with Gasteiger partial charge in [-0.2, -0.15) is 5.26 Å². The maximum atomic E-state index is 11.8. The maximum Gasteiger partial charge on any atom is 0.321 e. The molecule has 128 valence electrons. The molecule has 1 aliphatic rings. The summed E-state index contributed by atoms with van der Waals surface area (Å²) in [7, 11) is 0. The zero-order chi connectivity index (χ0) is 17.8. The molecule has 1 aromatic heterocycles. The smallest absolute Gasteiger partial charge is 0.321 e. The van der Waals surface area contributed by atoms with Crippen molar-refractivity contribution in [3.05, 3.63) is 58.3 Å². The number of aryl methyl sites for hydroxylation is 1. The zero-order valence-corrected chi connectivity index (χ0v) is 15.0. The molecule has 0 unspecified atom stereocenters. The normalized spacial score (nSPS) is 14.4. The van der Waals surface area contributed by atoms with Gasteiger partial charge in [0.15, 0.2) is 0 Å². The number of benzene rings is 1. The summed E-state index contributed by atoms with van der Waals surface area (Å²) in [5.41, 5.74) is 4.58. The van der Waals surface area contributed by atoms with E-state index < -0.39 is 11.2 Å². The summed E-state index contributed by atoms with van der Waals surface area (Å²) < 4.78 is 0. The Hall–Kier alpha value is -2.32. The molecular formula is C20H20N2O2S. The number of aromatic nitrogens is 1. The first-order valence-electron chi connectivity index (χ1n) is 8.54. The van der Waals surface area contributed by atoms with Crippen LogP contribution in [0.15, 0.2) is 35.4 Å². The Labute approximate surface area is 151 Å². The third-order valence-electron chi connectivity index (χ3n) is 4.57. The second-order valence-corrected chi connectivity index (χ2v) is 7.21. The van der Waals surface area contributed by atoms with Crippen LogP contribution >= 0.6 is 11.8 Å². The van der Waals surface area contributed by atoms with Crippen molar-refractivity contribution in [1.29, 1.82) is 5.26 Å². The van der Waals surface area contributed by atoms with Crippen LogP contribution in [0.4, 0.5) is 0 Å². The average molecular weight is 352 g/mol. The second kappa shape index (κ2) is 7.71. The van der Waals surface area contributed by atoms with Gasteiger partial charge in [-0.25, -0.2) is 4.98 Å². The molecule has 0 saturated heterocycles. The van der Waals surface area contributed by atoms with Crippen molar-refractivity contribution < 1.29 is 9.90 Å². The van der Waals surface area contributed by atoms with Gasteiger partial charge in [-0.05, 0) is 48.8 Å². The molecule has 0 fully saturated rings. The highest BCUT2D eigenvalue weighted by Gasteiger charge is 2.27. The second-order valence-electron chi connectivity index (χ2n) is 6.12. The fraction of sp³-hybridized carbons (Fsp3) is 0.350. The Balaban J connectivity index is 2.07. The molecule has 0 saturated carbocycles. The minimum atomic E-state index is -0.919. The van der Waals surface area contributed by atoms with Gasteiger partial charge in [0.05, 0.1) is 5.56 Å².